The van der Waals surface area contributed by atoms with Gasteiger partial charge in [0.25, 0.3) is 0 Å². The molecule has 3 aromatic rings. The predicted octanol–water partition coefficient (Wildman–Crippen LogP) is 4.70. The van der Waals surface area contributed by atoms with Crippen LogP contribution in [0.5, 0.6) is 11.5 Å². The number of fused-ring (bicyclic) bond motifs is 1. The first-order valence-corrected chi connectivity index (χ1v) is 10.8. The first-order chi connectivity index (χ1) is 15.1. The third-order valence-electron chi connectivity index (χ3n) is 6.19. The summed E-state index contributed by atoms with van der Waals surface area (Å²) in [6.45, 7) is 5.32. The number of amides is 1. The van der Waals surface area contributed by atoms with Gasteiger partial charge in [-0.05, 0) is 66.1 Å². The summed E-state index contributed by atoms with van der Waals surface area (Å²) in [7, 11) is 3.35. The van der Waals surface area contributed by atoms with Crippen LogP contribution in [0.1, 0.15) is 24.8 Å². The van der Waals surface area contributed by atoms with Crippen LogP contribution in [0.25, 0.3) is 10.8 Å². The Kier molecular flexibility index (Phi) is 6.31. The molecule has 1 aliphatic rings. The third-order valence-corrected chi connectivity index (χ3v) is 6.19. The van der Waals surface area contributed by atoms with Gasteiger partial charge in [-0.15, -0.1) is 0 Å². The second-order valence-electron chi connectivity index (χ2n) is 8.06. The second kappa shape index (κ2) is 9.29. The summed E-state index contributed by atoms with van der Waals surface area (Å²) in [5.74, 6) is 1.73. The van der Waals surface area contributed by atoms with Crippen LogP contribution in [0, 0.1) is 0 Å². The van der Waals surface area contributed by atoms with E-state index >= 15 is 0 Å². The zero-order valence-electron chi connectivity index (χ0n) is 18.5. The van der Waals surface area contributed by atoms with Gasteiger partial charge in [-0.25, -0.2) is 0 Å². The molecular weight excluding hydrogens is 388 g/mol. The van der Waals surface area contributed by atoms with Gasteiger partial charge < -0.3 is 19.3 Å². The van der Waals surface area contributed by atoms with Gasteiger partial charge in [-0.3, -0.25) is 4.79 Å². The number of ether oxygens (including phenoxy) is 2. The molecule has 0 radical (unpaired) electrons. The summed E-state index contributed by atoms with van der Waals surface area (Å²) in [5.41, 5.74) is 2.23. The Balaban J connectivity index is 1.44. The van der Waals surface area contributed by atoms with E-state index in [-0.39, 0.29) is 11.8 Å². The summed E-state index contributed by atoms with van der Waals surface area (Å²) in [6.07, 6.45) is 0.960. The number of hydrogen-bond donors (Lipinski definition) is 0. The van der Waals surface area contributed by atoms with Crippen LogP contribution in [-0.2, 0) is 4.79 Å². The first-order valence-electron chi connectivity index (χ1n) is 10.8. The van der Waals surface area contributed by atoms with Gasteiger partial charge in [-0.2, -0.15) is 0 Å². The molecule has 1 aliphatic heterocycles. The highest BCUT2D eigenvalue weighted by molar-refractivity contribution is 5.88. The van der Waals surface area contributed by atoms with E-state index in [9.17, 15) is 4.79 Å². The molecule has 1 amide bonds. The third kappa shape index (κ3) is 4.61. The summed E-state index contributed by atoms with van der Waals surface area (Å²) < 4.78 is 10.6. The molecule has 31 heavy (non-hydrogen) atoms. The monoisotopic (exact) mass is 418 g/mol. The van der Waals surface area contributed by atoms with E-state index in [2.05, 4.69) is 35.2 Å². The highest BCUT2D eigenvalue weighted by atomic mass is 16.5. The zero-order valence-corrected chi connectivity index (χ0v) is 18.5. The summed E-state index contributed by atoms with van der Waals surface area (Å²) in [4.78, 5) is 17.7. The van der Waals surface area contributed by atoms with E-state index in [4.69, 9.17) is 9.47 Å². The minimum Gasteiger partial charge on any atom is -0.497 e. The molecule has 0 spiro atoms. The maximum atomic E-state index is 13.3. The molecule has 1 atom stereocenters. The van der Waals surface area contributed by atoms with Crippen molar-refractivity contribution in [1.82, 2.24) is 4.90 Å². The fourth-order valence-electron chi connectivity index (χ4n) is 4.24. The lowest BCUT2D eigenvalue weighted by molar-refractivity contribution is -0.132. The zero-order chi connectivity index (χ0) is 21.8. The fraction of sp³-hybridized carbons (Fsp3) is 0.346. The highest BCUT2D eigenvalue weighted by Crippen LogP contribution is 2.27. The van der Waals surface area contributed by atoms with Crippen molar-refractivity contribution in [3.8, 4) is 11.5 Å². The molecule has 0 N–H and O–H groups in total. The van der Waals surface area contributed by atoms with Crippen molar-refractivity contribution >= 4 is 22.4 Å². The van der Waals surface area contributed by atoms with Gasteiger partial charge in [0.1, 0.15) is 11.5 Å². The number of carbonyl (C=O) groups is 1. The van der Waals surface area contributed by atoms with E-state index in [0.29, 0.717) is 0 Å². The van der Waals surface area contributed by atoms with E-state index < -0.39 is 0 Å². The highest BCUT2D eigenvalue weighted by Gasteiger charge is 2.24. The van der Waals surface area contributed by atoms with Crippen LogP contribution >= 0.6 is 0 Å². The Morgan fingerprint density at radius 1 is 0.806 bits per heavy atom. The first kappa shape index (κ1) is 21.0. The average Bonchev–Trinajstić information content (AvgIpc) is 3.09. The molecule has 1 heterocycles. The van der Waals surface area contributed by atoms with Gasteiger partial charge in [0, 0.05) is 31.9 Å². The lowest BCUT2D eigenvalue weighted by atomic mass is 9.96. The molecule has 162 valence electrons. The minimum atomic E-state index is -0.168. The average molecular weight is 419 g/mol. The second-order valence-corrected chi connectivity index (χ2v) is 8.06. The molecule has 5 nitrogen and oxygen atoms in total. The summed E-state index contributed by atoms with van der Waals surface area (Å²) in [5, 5.41) is 2.24. The number of methoxy groups -OCH3 is 2. The number of anilines is 1. The molecule has 1 fully saturated rings. The lowest BCUT2D eigenvalue weighted by Gasteiger charge is -2.26. The lowest BCUT2D eigenvalue weighted by Crippen LogP contribution is -2.37. The topological polar surface area (TPSA) is 42.0 Å². The smallest absolute Gasteiger partial charge is 0.229 e. The van der Waals surface area contributed by atoms with Crippen molar-refractivity contribution in [2.24, 2.45) is 0 Å². The molecule has 0 aromatic heterocycles. The van der Waals surface area contributed by atoms with Crippen molar-refractivity contribution in [2.75, 3.05) is 45.3 Å². The van der Waals surface area contributed by atoms with Crippen molar-refractivity contribution in [2.45, 2.75) is 19.3 Å². The van der Waals surface area contributed by atoms with Crippen LogP contribution in [-0.4, -0.2) is 51.2 Å². The SMILES string of the molecule is COc1ccc(N2CCCN(C(=O)[C@@H](C)c3ccc4cc(OC)ccc4c3)CC2)cc1. The number of benzene rings is 3. The van der Waals surface area contributed by atoms with Gasteiger partial charge >= 0.3 is 0 Å². The molecular formula is C26H30N2O3. The van der Waals surface area contributed by atoms with Gasteiger partial charge in [-0.1, -0.05) is 24.3 Å². The largest absolute Gasteiger partial charge is 0.497 e. The Hall–Kier alpha value is -3.21. The Bertz CT molecular complexity index is 1050. The van der Waals surface area contributed by atoms with E-state index in [1.165, 1.54) is 5.69 Å². The Morgan fingerprint density at radius 2 is 1.48 bits per heavy atom. The summed E-state index contributed by atoms with van der Waals surface area (Å²) >= 11 is 0. The fourth-order valence-corrected chi connectivity index (χ4v) is 4.24. The van der Waals surface area contributed by atoms with Crippen LogP contribution in [0.2, 0.25) is 0 Å². The number of hydrogen-bond acceptors (Lipinski definition) is 4. The van der Waals surface area contributed by atoms with Crippen molar-refractivity contribution in [3.63, 3.8) is 0 Å². The van der Waals surface area contributed by atoms with Gasteiger partial charge in [0.2, 0.25) is 5.91 Å². The van der Waals surface area contributed by atoms with Crippen LogP contribution in [0.15, 0.2) is 60.7 Å². The van der Waals surface area contributed by atoms with E-state index in [1.54, 1.807) is 14.2 Å². The van der Waals surface area contributed by atoms with Gasteiger partial charge in [0.05, 0.1) is 20.1 Å². The molecule has 0 aliphatic carbocycles. The standard InChI is InChI=1S/C26H30N2O3/c1-19(20-5-6-22-18-25(31-3)10-7-21(22)17-20)26(29)28-14-4-13-27(15-16-28)23-8-11-24(30-2)12-9-23/h5-12,17-19H,4,13-16H2,1-3H3/t19-/m0/s1. The van der Waals surface area contributed by atoms with Crippen molar-refractivity contribution in [3.05, 3.63) is 66.2 Å². The molecule has 0 bridgehead atoms. The van der Waals surface area contributed by atoms with Crippen LogP contribution in [0.3, 0.4) is 0 Å². The number of nitrogens with zero attached hydrogens (tertiary/aromatic N) is 2. The minimum absolute atomic E-state index is 0.168. The maximum absolute atomic E-state index is 13.3. The molecule has 0 saturated carbocycles. The van der Waals surface area contributed by atoms with Crippen LogP contribution in [0.4, 0.5) is 5.69 Å². The molecule has 0 unspecified atom stereocenters. The molecule has 3 aromatic carbocycles. The van der Waals surface area contributed by atoms with Crippen molar-refractivity contribution in [1.29, 1.82) is 0 Å². The molecule has 1 saturated heterocycles. The van der Waals surface area contributed by atoms with E-state index in [0.717, 1.165) is 60.4 Å². The van der Waals surface area contributed by atoms with Gasteiger partial charge in [0.15, 0.2) is 0 Å². The number of rotatable bonds is 5. The Morgan fingerprint density at radius 3 is 2.23 bits per heavy atom. The maximum Gasteiger partial charge on any atom is 0.229 e. The summed E-state index contributed by atoms with van der Waals surface area (Å²) in [6, 6.07) is 20.4. The van der Waals surface area contributed by atoms with E-state index in [1.807, 2.05) is 42.2 Å². The normalized spacial score (nSPS) is 15.5. The molecule has 5 heteroatoms. The van der Waals surface area contributed by atoms with Crippen molar-refractivity contribution < 1.29 is 14.3 Å². The van der Waals surface area contributed by atoms with Crippen LogP contribution < -0.4 is 14.4 Å². The molecule has 4 rings (SSSR count). The quantitative estimate of drug-likeness (QED) is 0.602. The number of carbonyl (C=O) groups excluding carboxylic acids is 1. The predicted molar refractivity (Wildman–Crippen MR) is 125 cm³/mol. The Labute approximate surface area is 184 Å².